The van der Waals surface area contributed by atoms with Gasteiger partial charge in [0.2, 0.25) is 0 Å². The van der Waals surface area contributed by atoms with E-state index < -0.39 is 11.6 Å². The zero-order valence-electron chi connectivity index (χ0n) is 24.0. The monoisotopic (exact) mass is 563 g/mol. The van der Waals surface area contributed by atoms with Crippen LogP contribution in [0.5, 0.6) is 0 Å². The molecule has 6 aromatic rings. The molecule has 6 rings (SSSR count). The molecule has 1 atom stereocenters. The second kappa shape index (κ2) is 12.3. The molecule has 0 aliphatic rings. The summed E-state index contributed by atoms with van der Waals surface area (Å²) in [4.78, 5) is 16.7. The first-order valence-corrected chi connectivity index (χ1v) is 14.4. The van der Waals surface area contributed by atoms with Gasteiger partial charge in [0.15, 0.2) is 0 Å². The summed E-state index contributed by atoms with van der Waals surface area (Å²) in [6.45, 7) is 0. The van der Waals surface area contributed by atoms with Crippen LogP contribution in [0.1, 0.15) is 50.8 Å². The van der Waals surface area contributed by atoms with Gasteiger partial charge in [-0.05, 0) is 63.7 Å². The minimum absolute atomic E-state index is 0.118. The fraction of sp³-hybridized carbons (Fsp3) is 0.105. The molecule has 1 aromatic heterocycles. The van der Waals surface area contributed by atoms with E-state index in [2.05, 4.69) is 88.9 Å². The van der Waals surface area contributed by atoms with Crippen molar-refractivity contribution in [3.05, 3.63) is 180 Å². The summed E-state index contributed by atoms with van der Waals surface area (Å²) in [5.74, 6) is -0.118. The Morgan fingerprint density at radius 2 is 1.37 bits per heavy atom. The second-order valence-corrected chi connectivity index (χ2v) is 10.6. The summed E-state index contributed by atoms with van der Waals surface area (Å²) in [7, 11) is 1.62. The number of carbonyl (C=O) groups excluding carboxylic acids is 1. The van der Waals surface area contributed by atoms with Crippen LogP contribution in [0.4, 0.5) is 0 Å². The molecule has 5 aromatic carbocycles. The number of rotatable bonds is 9. The van der Waals surface area contributed by atoms with Gasteiger partial charge in [-0.15, -0.1) is 0 Å². The zero-order chi connectivity index (χ0) is 29.6. The van der Waals surface area contributed by atoms with Gasteiger partial charge in [-0.25, -0.2) is 4.98 Å². The molecular weight excluding hydrogens is 530 g/mol. The first-order valence-electron chi connectivity index (χ1n) is 14.4. The Kier molecular flexibility index (Phi) is 7.98. The van der Waals surface area contributed by atoms with Crippen molar-refractivity contribution in [2.24, 2.45) is 0 Å². The SMILES string of the molecule is CNC(=O)c1ccc2cc(C(O)CC=Cc3cn(C(c4ccccc4)(c4ccccc4)c4ccccc4)cn3)ccc2c1. The van der Waals surface area contributed by atoms with Gasteiger partial charge in [0, 0.05) is 18.8 Å². The number of hydrogen-bond acceptors (Lipinski definition) is 3. The van der Waals surface area contributed by atoms with Crippen molar-refractivity contribution in [1.29, 1.82) is 0 Å². The van der Waals surface area contributed by atoms with Gasteiger partial charge < -0.3 is 15.0 Å². The predicted octanol–water partition coefficient (Wildman–Crippen LogP) is 7.37. The minimum atomic E-state index is -0.668. The van der Waals surface area contributed by atoms with Crippen molar-refractivity contribution in [2.45, 2.75) is 18.1 Å². The van der Waals surface area contributed by atoms with E-state index in [1.165, 1.54) is 0 Å². The number of fused-ring (bicyclic) bond motifs is 1. The lowest BCUT2D eigenvalue weighted by Gasteiger charge is -2.37. The molecule has 1 heterocycles. The Morgan fingerprint density at radius 1 is 0.814 bits per heavy atom. The molecular formula is C38H33N3O2. The molecule has 0 fully saturated rings. The van der Waals surface area contributed by atoms with Crippen molar-refractivity contribution in [3.8, 4) is 0 Å². The molecule has 1 unspecified atom stereocenters. The fourth-order valence-electron chi connectivity index (χ4n) is 5.80. The van der Waals surface area contributed by atoms with E-state index >= 15 is 0 Å². The third-order valence-electron chi connectivity index (χ3n) is 7.95. The summed E-state index contributed by atoms with van der Waals surface area (Å²) in [6.07, 6.45) is 7.65. The molecule has 0 spiro atoms. The Hall–Kier alpha value is -5.26. The Labute approximate surface area is 251 Å². The van der Waals surface area contributed by atoms with E-state index in [1.807, 2.05) is 67.0 Å². The number of nitrogens with one attached hydrogen (secondary N) is 1. The predicted molar refractivity (Wildman–Crippen MR) is 173 cm³/mol. The molecule has 1 amide bonds. The lowest BCUT2D eigenvalue weighted by Crippen LogP contribution is -2.36. The minimum Gasteiger partial charge on any atom is -0.388 e. The number of imidazole rings is 1. The van der Waals surface area contributed by atoms with Crippen LogP contribution in [-0.2, 0) is 5.54 Å². The highest BCUT2D eigenvalue weighted by atomic mass is 16.3. The lowest BCUT2D eigenvalue weighted by molar-refractivity contribution is 0.0963. The maximum atomic E-state index is 12.0. The van der Waals surface area contributed by atoms with E-state index in [0.717, 1.165) is 38.7 Å². The summed E-state index contributed by atoms with van der Waals surface area (Å²) in [6, 6.07) is 42.9. The average molecular weight is 564 g/mol. The van der Waals surface area contributed by atoms with Gasteiger partial charge in [0.25, 0.3) is 5.91 Å². The summed E-state index contributed by atoms with van der Waals surface area (Å²) in [5.41, 5.74) is 5.02. The highest BCUT2D eigenvalue weighted by Crippen LogP contribution is 2.40. The van der Waals surface area contributed by atoms with E-state index in [1.54, 1.807) is 13.1 Å². The van der Waals surface area contributed by atoms with E-state index in [9.17, 15) is 9.90 Å². The van der Waals surface area contributed by atoms with Crippen molar-refractivity contribution in [1.82, 2.24) is 14.9 Å². The highest BCUT2D eigenvalue weighted by molar-refractivity contribution is 5.98. The van der Waals surface area contributed by atoms with Crippen LogP contribution in [0, 0.1) is 0 Å². The molecule has 5 nitrogen and oxygen atoms in total. The zero-order valence-corrected chi connectivity index (χ0v) is 24.0. The quantitative estimate of drug-likeness (QED) is 0.181. The second-order valence-electron chi connectivity index (χ2n) is 10.6. The molecule has 5 heteroatoms. The lowest BCUT2D eigenvalue weighted by atomic mass is 9.77. The number of carbonyl (C=O) groups is 1. The number of amides is 1. The molecule has 2 N–H and O–H groups in total. The fourth-order valence-corrected chi connectivity index (χ4v) is 5.80. The van der Waals surface area contributed by atoms with E-state index in [4.69, 9.17) is 4.98 Å². The maximum Gasteiger partial charge on any atom is 0.251 e. The molecule has 0 aliphatic carbocycles. The number of aliphatic hydroxyl groups excluding tert-OH is 1. The van der Waals surface area contributed by atoms with Crippen LogP contribution in [-0.4, -0.2) is 27.6 Å². The maximum absolute atomic E-state index is 12.0. The molecule has 0 saturated carbocycles. The molecule has 43 heavy (non-hydrogen) atoms. The van der Waals surface area contributed by atoms with Crippen molar-refractivity contribution in [2.75, 3.05) is 7.05 Å². The molecule has 0 saturated heterocycles. The van der Waals surface area contributed by atoms with Gasteiger partial charge in [0.05, 0.1) is 18.1 Å². The van der Waals surface area contributed by atoms with Gasteiger partial charge >= 0.3 is 0 Å². The number of hydrogen-bond donors (Lipinski definition) is 2. The largest absolute Gasteiger partial charge is 0.388 e. The van der Waals surface area contributed by atoms with Crippen LogP contribution in [0.15, 0.2) is 146 Å². The van der Waals surface area contributed by atoms with Crippen LogP contribution in [0.2, 0.25) is 0 Å². The van der Waals surface area contributed by atoms with Crippen molar-refractivity contribution >= 4 is 22.8 Å². The molecule has 0 aliphatic heterocycles. The first-order chi connectivity index (χ1) is 21.1. The van der Waals surface area contributed by atoms with Crippen LogP contribution >= 0.6 is 0 Å². The van der Waals surface area contributed by atoms with Crippen molar-refractivity contribution in [3.63, 3.8) is 0 Å². The number of aromatic nitrogens is 2. The van der Waals surface area contributed by atoms with Crippen LogP contribution in [0.25, 0.3) is 16.8 Å². The van der Waals surface area contributed by atoms with Crippen molar-refractivity contribution < 1.29 is 9.90 Å². The van der Waals surface area contributed by atoms with Gasteiger partial charge in [0.1, 0.15) is 5.54 Å². The summed E-state index contributed by atoms with van der Waals surface area (Å²) < 4.78 is 2.18. The van der Waals surface area contributed by atoms with Gasteiger partial charge in [-0.3, -0.25) is 4.79 Å². The Balaban J connectivity index is 1.29. The van der Waals surface area contributed by atoms with Crippen LogP contribution < -0.4 is 5.32 Å². The third-order valence-corrected chi connectivity index (χ3v) is 7.95. The normalized spacial score (nSPS) is 12.4. The third kappa shape index (κ3) is 5.51. The van der Waals surface area contributed by atoms with Crippen LogP contribution in [0.3, 0.4) is 0 Å². The summed E-state index contributed by atoms with van der Waals surface area (Å²) >= 11 is 0. The Bertz CT molecular complexity index is 1770. The molecule has 212 valence electrons. The smallest absolute Gasteiger partial charge is 0.251 e. The Morgan fingerprint density at radius 3 is 1.95 bits per heavy atom. The molecule has 0 bridgehead atoms. The van der Waals surface area contributed by atoms with Gasteiger partial charge in [-0.2, -0.15) is 0 Å². The van der Waals surface area contributed by atoms with E-state index in [0.29, 0.717) is 12.0 Å². The number of aliphatic hydroxyl groups is 1. The highest BCUT2D eigenvalue weighted by Gasteiger charge is 2.38. The first kappa shape index (κ1) is 27.9. The number of benzene rings is 5. The number of nitrogens with zero attached hydrogens (tertiary/aromatic N) is 2. The standard InChI is InChI=1S/C38H33N3O2/c1-39-37(43)31-23-21-28-24-30(22-20-29(28)25-31)36(42)19-11-18-35-26-41(27-40-35)38(32-12-5-2-6-13-32,33-14-7-3-8-15-33)34-16-9-4-10-17-34/h2-18,20-27,36,42H,19H2,1H3,(H,39,43). The van der Waals surface area contributed by atoms with E-state index in [-0.39, 0.29) is 5.91 Å². The molecule has 0 radical (unpaired) electrons. The summed E-state index contributed by atoms with van der Waals surface area (Å²) in [5, 5.41) is 15.6. The topological polar surface area (TPSA) is 67.2 Å². The average Bonchev–Trinajstić information content (AvgIpc) is 3.54. The van der Waals surface area contributed by atoms with Gasteiger partial charge in [-0.1, -0.05) is 115 Å².